The SMILES string of the molecule is CC1(OC(=O)c2cc(CCNC(=O)[C@@H]3c4ccccc4C(=O)N([C@H]4CCCC[C@@H]4NS(C)(=O)=O)[C@H]3c3ccc(Cl)cc3Cl)cs2)CCC1. The third-order valence-electron chi connectivity index (χ3n) is 9.71. The molecule has 0 spiro atoms. The van der Waals surface area contributed by atoms with Gasteiger partial charge >= 0.3 is 5.97 Å². The van der Waals surface area contributed by atoms with E-state index in [4.69, 9.17) is 27.9 Å². The van der Waals surface area contributed by atoms with Crippen molar-refractivity contribution in [3.05, 3.63) is 91.1 Å². The number of thiophene rings is 1. The largest absolute Gasteiger partial charge is 0.455 e. The van der Waals surface area contributed by atoms with Crippen molar-refractivity contribution in [1.82, 2.24) is 14.9 Å². The van der Waals surface area contributed by atoms with E-state index in [1.165, 1.54) is 11.3 Å². The van der Waals surface area contributed by atoms with E-state index in [-0.39, 0.29) is 29.9 Å². The third-order valence-corrected chi connectivity index (χ3v) is 12.0. The maximum atomic E-state index is 14.4. The molecule has 48 heavy (non-hydrogen) atoms. The molecule has 4 atom stereocenters. The van der Waals surface area contributed by atoms with Crippen molar-refractivity contribution in [2.75, 3.05) is 12.8 Å². The second-order valence-electron chi connectivity index (χ2n) is 13.3. The Morgan fingerprint density at radius 2 is 1.79 bits per heavy atom. The van der Waals surface area contributed by atoms with Gasteiger partial charge in [-0.15, -0.1) is 11.3 Å². The lowest BCUT2D eigenvalue weighted by molar-refractivity contribution is -0.124. The number of halogens is 2. The standard InChI is InChI=1S/C35H39Cl2N3O6S2/c1-35(15-7-16-35)46-34(43)29-18-21(20-47-29)14-17-38-32(41)30-23-8-3-4-9-24(23)33(42)40(31(30)25-13-12-22(36)19-26(25)37)28-11-6-5-10-27(28)39-48(2,44)45/h3-4,8-9,12-13,18-20,27-28,30-31,39H,5-7,10-11,14-17H2,1-2H3,(H,38,41)/t27-,28-,30+,31-/m0/s1. The zero-order valence-electron chi connectivity index (χ0n) is 26.8. The summed E-state index contributed by atoms with van der Waals surface area (Å²) in [5.41, 5.74) is 2.03. The number of nitrogens with one attached hydrogen (secondary N) is 2. The Morgan fingerprint density at radius 3 is 2.50 bits per heavy atom. The first-order chi connectivity index (χ1) is 22.8. The van der Waals surface area contributed by atoms with Crippen LogP contribution < -0.4 is 10.0 Å². The number of carbonyl (C=O) groups is 3. The van der Waals surface area contributed by atoms with Gasteiger partial charge in [0, 0.05) is 34.2 Å². The fraction of sp³-hybridized carbons (Fsp3) is 0.457. The Hall–Kier alpha value is -2.96. The molecule has 0 bridgehead atoms. The molecular formula is C35H39Cl2N3O6S2. The third kappa shape index (κ3) is 7.45. The molecule has 1 aliphatic heterocycles. The highest BCUT2D eigenvalue weighted by Gasteiger charge is 2.49. The summed E-state index contributed by atoms with van der Waals surface area (Å²) in [4.78, 5) is 43.7. The van der Waals surface area contributed by atoms with Gasteiger partial charge in [-0.2, -0.15) is 0 Å². The van der Waals surface area contributed by atoms with Crippen molar-refractivity contribution < 1.29 is 27.5 Å². The van der Waals surface area contributed by atoms with E-state index in [0.717, 1.165) is 43.9 Å². The van der Waals surface area contributed by atoms with Gasteiger partial charge in [-0.25, -0.2) is 17.9 Å². The van der Waals surface area contributed by atoms with E-state index in [0.29, 0.717) is 50.9 Å². The average molecular weight is 733 g/mol. The van der Waals surface area contributed by atoms with E-state index in [1.807, 2.05) is 18.4 Å². The van der Waals surface area contributed by atoms with Gasteiger partial charge in [0.2, 0.25) is 15.9 Å². The molecule has 256 valence electrons. The van der Waals surface area contributed by atoms with Crippen LogP contribution in [0.25, 0.3) is 0 Å². The Bertz CT molecular complexity index is 1830. The van der Waals surface area contributed by atoms with Crippen molar-refractivity contribution in [3.63, 3.8) is 0 Å². The number of ether oxygens (including phenoxy) is 1. The molecule has 2 aliphatic carbocycles. The minimum Gasteiger partial charge on any atom is -0.455 e. The highest BCUT2D eigenvalue weighted by Crippen LogP contribution is 2.48. The molecule has 2 aromatic carbocycles. The highest BCUT2D eigenvalue weighted by molar-refractivity contribution is 7.88. The minimum atomic E-state index is -3.59. The summed E-state index contributed by atoms with van der Waals surface area (Å²) in [5, 5.41) is 5.70. The van der Waals surface area contributed by atoms with E-state index >= 15 is 0 Å². The molecule has 2 amide bonds. The topological polar surface area (TPSA) is 122 Å². The van der Waals surface area contributed by atoms with E-state index in [9.17, 15) is 22.8 Å². The average Bonchev–Trinajstić information content (AvgIpc) is 3.49. The van der Waals surface area contributed by atoms with Gasteiger partial charge in [-0.3, -0.25) is 9.59 Å². The number of amides is 2. The van der Waals surface area contributed by atoms with Crippen LogP contribution >= 0.6 is 34.5 Å². The molecule has 2 saturated carbocycles. The predicted molar refractivity (Wildman–Crippen MR) is 187 cm³/mol. The summed E-state index contributed by atoms with van der Waals surface area (Å²) >= 11 is 14.4. The number of nitrogens with zero attached hydrogens (tertiary/aromatic N) is 1. The summed E-state index contributed by atoms with van der Waals surface area (Å²) in [6, 6.07) is 12.0. The molecular weight excluding hydrogens is 693 g/mol. The van der Waals surface area contributed by atoms with Crippen LogP contribution in [0, 0.1) is 0 Å². The smallest absolute Gasteiger partial charge is 0.348 e. The molecule has 2 heterocycles. The molecule has 3 aromatic rings. The van der Waals surface area contributed by atoms with Gasteiger partial charge in [-0.1, -0.05) is 60.3 Å². The number of hydrogen-bond donors (Lipinski definition) is 2. The van der Waals surface area contributed by atoms with Crippen LogP contribution in [-0.2, 0) is 26.0 Å². The summed E-state index contributed by atoms with van der Waals surface area (Å²) in [6.07, 6.45) is 7.10. The minimum absolute atomic E-state index is 0.286. The number of fused-ring (bicyclic) bond motifs is 1. The van der Waals surface area contributed by atoms with Gasteiger partial charge in [0.25, 0.3) is 5.91 Å². The molecule has 1 aromatic heterocycles. The second kappa shape index (κ2) is 14.1. The van der Waals surface area contributed by atoms with Crippen molar-refractivity contribution in [3.8, 4) is 0 Å². The van der Waals surface area contributed by atoms with Gasteiger partial charge in [0.05, 0.1) is 18.2 Å². The van der Waals surface area contributed by atoms with E-state index in [1.54, 1.807) is 47.4 Å². The number of sulfonamides is 1. The van der Waals surface area contributed by atoms with Crippen LogP contribution in [0.15, 0.2) is 53.9 Å². The molecule has 3 aliphatic rings. The van der Waals surface area contributed by atoms with E-state index in [2.05, 4.69) is 10.0 Å². The maximum Gasteiger partial charge on any atom is 0.348 e. The Balaban J connectivity index is 1.30. The van der Waals surface area contributed by atoms with Crippen LogP contribution in [0.5, 0.6) is 0 Å². The van der Waals surface area contributed by atoms with Crippen LogP contribution in [0.1, 0.15) is 101 Å². The first-order valence-electron chi connectivity index (χ1n) is 16.3. The zero-order valence-corrected chi connectivity index (χ0v) is 30.0. The fourth-order valence-corrected chi connectivity index (χ4v) is 9.40. The molecule has 13 heteroatoms. The molecule has 0 unspecified atom stereocenters. The van der Waals surface area contributed by atoms with Gasteiger partial charge in [-0.05, 0) is 91.8 Å². The van der Waals surface area contributed by atoms with Crippen molar-refractivity contribution in [2.24, 2.45) is 0 Å². The summed E-state index contributed by atoms with van der Waals surface area (Å²) in [5.74, 6) is -1.76. The van der Waals surface area contributed by atoms with Crippen molar-refractivity contribution in [2.45, 2.75) is 87.9 Å². The molecule has 2 N–H and O–H groups in total. The Kier molecular flexibility index (Phi) is 10.3. The van der Waals surface area contributed by atoms with Crippen LogP contribution in [0.4, 0.5) is 0 Å². The molecule has 9 nitrogen and oxygen atoms in total. The number of hydrogen-bond acceptors (Lipinski definition) is 7. The summed E-state index contributed by atoms with van der Waals surface area (Å²) in [7, 11) is -3.59. The molecule has 0 radical (unpaired) electrons. The van der Waals surface area contributed by atoms with Crippen molar-refractivity contribution in [1.29, 1.82) is 0 Å². The normalized spacial score (nSPS) is 23.6. The maximum absolute atomic E-state index is 14.4. The first-order valence-corrected chi connectivity index (χ1v) is 19.8. The fourth-order valence-electron chi connectivity index (χ4n) is 7.23. The summed E-state index contributed by atoms with van der Waals surface area (Å²) in [6.45, 7) is 2.24. The number of rotatable bonds is 10. The molecule has 0 saturated heterocycles. The first kappa shape index (κ1) is 34.9. The predicted octanol–water partition coefficient (Wildman–Crippen LogP) is 6.65. The van der Waals surface area contributed by atoms with Crippen LogP contribution in [0.2, 0.25) is 10.0 Å². The van der Waals surface area contributed by atoms with Crippen LogP contribution in [0.3, 0.4) is 0 Å². The van der Waals surface area contributed by atoms with Gasteiger partial charge in [0.15, 0.2) is 0 Å². The Morgan fingerprint density at radius 1 is 1.04 bits per heavy atom. The summed E-state index contributed by atoms with van der Waals surface area (Å²) < 4.78 is 33.3. The Labute approximate surface area is 295 Å². The quantitative estimate of drug-likeness (QED) is 0.225. The lowest BCUT2D eigenvalue weighted by Crippen LogP contribution is -2.59. The monoisotopic (exact) mass is 731 g/mol. The number of esters is 1. The number of carbonyl (C=O) groups excluding carboxylic acids is 3. The van der Waals surface area contributed by atoms with Crippen molar-refractivity contribution >= 4 is 62.3 Å². The van der Waals surface area contributed by atoms with Crippen LogP contribution in [-0.4, -0.2) is 61.6 Å². The van der Waals surface area contributed by atoms with Gasteiger partial charge in [0.1, 0.15) is 10.5 Å². The molecule has 2 fully saturated rings. The lowest BCUT2D eigenvalue weighted by atomic mass is 9.76. The highest BCUT2D eigenvalue weighted by atomic mass is 35.5. The zero-order chi connectivity index (χ0) is 34.2. The molecule has 6 rings (SSSR count). The second-order valence-corrected chi connectivity index (χ2v) is 16.8. The number of benzene rings is 2. The van der Waals surface area contributed by atoms with E-state index < -0.39 is 34.1 Å². The lowest BCUT2D eigenvalue weighted by Gasteiger charge is -2.49. The van der Waals surface area contributed by atoms with Gasteiger partial charge < -0.3 is 15.0 Å².